The van der Waals surface area contributed by atoms with Gasteiger partial charge in [-0.25, -0.2) is 4.79 Å². The summed E-state index contributed by atoms with van der Waals surface area (Å²) in [5.41, 5.74) is 3.28. The van der Waals surface area contributed by atoms with E-state index >= 15 is 0 Å². The maximum atomic E-state index is 11.7. The number of hydrogen-bond donors (Lipinski definition) is 2. The summed E-state index contributed by atoms with van der Waals surface area (Å²) in [6.45, 7) is 8.39. The fourth-order valence-electron chi connectivity index (χ4n) is 1.65. The Hall–Kier alpha value is -1.77. The summed E-state index contributed by atoms with van der Waals surface area (Å²) in [5.74, 6) is 0.438. The molecule has 0 aliphatic carbocycles. The van der Waals surface area contributed by atoms with Crippen molar-refractivity contribution in [2.75, 3.05) is 5.32 Å². The van der Waals surface area contributed by atoms with Crippen LogP contribution in [0.1, 0.15) is 46.1 Å². The van der Waals surface area contributed by atoms with Crippen LogP contribution < -0.4 is 10.6 Å². The molecule has 0 saturated heterocycles. The first-order valence-corrected chi connectivity index (χ1v) is 7.36. The predicted octanol–water partition coefficient (Wildman–Crippen LogP) is 4.71. The first kappa shape index (κ1) is 16.3. The van der Waals surface area contributed by atoms with Gasteiger partial charge < -0.3 is 10.6 Å². The van der Waals surface area contributed by atoms with Crippen LogP contribution in [0, 0.1) is 5.92 Å². The lowest BCUT2D eigenvalue weighted by Gasteiger charge is -2.08. The zero-order valence-corrected chi connectivity index (χ0v) is 13.0. The number of allylic oxidation sites excluding steroid dienone is 1. The zero-order valence-electron chi connectivity index (χ0n) is 13.0. The molecule has 1 aromatic rings. The number of carbonyl (C=O) groups is 1. The van der Waals surface area contributed by atoms with Gasteiger partial charge >= 0.3 is 6.03 Å². The molecule has 1 rings (SSSR count). The van der Waals surface area contributed by atoms with Crippen molar-refractivity contribution in [1.82, 2.24) is 5.32 Å². The molecule has 0 aromatic heterocycles. The molecule has 20 heavy (non-hydrogen) atoms. The summed E-state index contributed by atoms with van der Waals surface area (Å²) >= 11 is 0. The van der Waals surface area contributed by atoms with Crippen LogP contribution in [0.25, 0.3) is 0 Å². The molecule has 3 nitrogen and oxygen atoms in total. The molecule has 2 N–H and O–H groups in total. The monoisotopic (exact) mass is 274 g/mol. The van der Waals surface area contributed by atoms with E-state index in [9.17, 15) is 4.79 Å². The second-order valence-corrected chi connectivity index (χ2v) is 5.44. The third-order valence-corrected chi connectivity index (χ3v) is 3.37. The second-order valence-electron chi connectivity index (χ2n) is 5.44. The molecular weight excluding hydrogens is 248 g/mol. The topological polar surface area (TPSA) is 41.1 Å². The van der Waals surface area contributed by atoms with Crippen LogP contribution in [-0.2, 0) is 6.42 Å². The highest BCUT2D eigenvalue weighted by Gasteiger charge is 2.01. The van der Waals surface area contributed by atoms with Crippen LogP contribution >= 0.6 is 0 Å². The van der Waals surface area contributed by atoms with Crippen molar-refractivity contribution in [3.63, 3.8) is 0 Å². The van der Waals surface area contributed by atoms with Crippen LogP contribution in [0.5, 0.6) is 0 Å². The molecule has 0 atom stereocenters. The Morgan fingerprint density at radius 1 is 1.25 bits per heavy atom. The fourth-order valence-corrected chi connectivity index (χ4v) is 1.65. The van der Waals surface area contributed by atoms with Gasteiger partial charge in [0.15, 0.2) is 0 Å². The Balaban J connectivity index is 2.48. The van der Waals surface area contributed by atoms with Gasteiger partial charge in [0.25, 0.3) is 0 Å². The van der Waals surface area contributed by atoms with Crippen LogP contribution in [0.15, 0.2) is 36.0 Å². The highest BCUT2D eigenvalue weighted by Crippen LogP contribution is 2.12. The highest BCUT2D eigenvalue weighted by atomic mass is 16.2. The summed E-state index contributed by atoms with van der Waals surface area (Å²) in [6.07, 6.45) is 5.26. The van der Waals surface area contributed by atoms with E-state index in [-0.39, 0.29) is 6.03 Å². The molecule has 0 aliphatic rings. The number of benzene rings is 1. The van der Waals surface area contributed by atoms with Crippen molar-refractivity contribution < 1.29 is 4.79 Å². The van der Waals surface area contributed by atoms with Gasteiger partial charge in [0.1, 0.15) is 0 Å². The third-order valence-electron chi connectivity index (χ3n) is 3.37. The first-order valence-electron chi connectivity index (χ1n) is 7.36. The normalized spacial score (nSPS) is 11.6. The number of hydrogen-bond acceptors (Lipinski definition) is 1. The molecule has 2 amide bonds. The van der Waals surface area contributed by atoms with E-state index in [1.54, 1.807) is 6.20 Å². The maximum absolute atomic E-state index is 11.7. The maximum Gasteiger partial charge on any atom is 0.323 e. The van der Waals surface area contributed by atoms with E-state index in [0.29, 0.717) is 5.92 Å². The Morgan fingerprint density at radius 2 is 1.90 bits per heavy atom. The Morgan fingerprint density at radius 3 is 2.45 bits per heavy atom. The zero-order chi connectivity index (χ0) is 15.0. The summed E-state index contributed by atoms with van der Waals surface area (Å²) in [5, 5.41) is 5.57. The Kier molecular flexibility index (Phi) is 6.85. The average molecular weight is 274 g/mol. The molecule has 0 saturated carbocycles. The van der Waals surface area contributed by atoms with Crippen LogP contribution in [0.3, 0.4) is 0 Å². The van der Waals surface area contributed by atoms with Crippen molar-refractivity contribution in [3.8, 4) is 0 Å². The lowest BCUT2D eigenvalue weighted by atomic mass is 10.1. The van der Waals surface area contributed by atoms with Crippen molar-refractivity contribution in [2.45, 2.75) is 47.0 Å². The van der Waals surface area contributed by atoms with E-state index in [1.807, 2.05) is 19.1 Å². The van der Waals surface area contributed by atoms with Crippen molar-refractivity contribution >= 4 is 11.7 Å². The minimum absolute atomic E-state index is 0.202. The lowest BCUT2D eigenvalue weighted by molar-refractivity contribution is 0.255. The van der Waals surface area contributed by atoms with Crippen LogP contribution in [-0.4, -0.2) is 6.03 Å². The molecule has 0 radical (unpaired) electrons. The molecule has 0 spiro atoms. The number of unbranched alkanes of at least 4 members (excludes halogenated alkanes) is 1. The minimum Gasteiger partial charge on any atom is -0.314 e. The highest BCUT2D eigenvalue weighted by molar-refractivity contribution is 5.89. The van der Waals surface area contributed by atoms with Crippen molar-refractivity contribution in [3.05, 3.63) is 41.6 Å². The van der Waals surface area contributed by atoms with Gasteiger partial charge in [-0.15, -0.1) is 0 Å². The molecule has 0 heterocycles. The molecule has 3 heteroatoms. The van der Waals surface area contributed by atoms with E-state index in [1.165, 1.54) is 18.4 Å². The largest absolute Gasteiger partial charge is 0.323 e. The SMILES string of the molecule is CCCCc1ccc(NC(=O)N/C=C(\C)C(C)C)cc1. The van der Waals surface area contributed by atoms with Crippen molar-refractivity contribution in [2.24, 2.45) is 5.92 Å². The summed E-state index contributed by atoms with van der Waals surface area (Å²) in [4.78, 5) is 11.7. The van der Waals surface area contributed by atoms with Gasteiger partial charge in [0, 0.05) is 11.9 Å². The molecule has 0 unspecified atom stereocenters. The van der Waals surface area contributed by atoms with Gasteiger partial charge in [-0.2, -0.15) is 0 Å². The lowest BCUT2D eigenvalue weighted by Crippen LogP contribution is -2.24. The summed E-state index contributed by atoms with van der Waals surface area (Å²) < 4.78 is 0. The smallest absolute Gasteiger partial charge is 0.314 e. The van der Waals surface area contributed by atoms with E-state index in [4.69, 9.17) is 0 Å². The number of urea groups is 1. The van der Waals surface area contributed by atoms with Crippen LogP contribution in [0.4, 0.5) is 10.5 Å². The molecule has 0 fully saturated rings. The number of anilines is 1. The standard InChI is InChI=1S/C17H26N2O/c1-5-6-7-15-8-10-16(11-9-15)19-17(20)18-12-14(4)13(2)3/h8-13H,5-7H2,1-4H3,(H2,18,19,20)/b14-12+. The quantitative estimate of drug-likeness (QED) is 0.775. The Bertz CT molecular complexity index is 447. The molecule has 110 valence electrons. The molecule has 0 bridgehead atoms. The first-order chi connectivity index (χ1) is 9.52. The van der Waals surface area contributed by atoms with Gasteiger partial charge in [-0.1, -0.05) is 44.9 Å². The number of rotatable bonds is 6. The fraction of sp³-hybridized carbons (Fsp3) is 0.471. The van der Waals surface area contributed by atoms with Crippen molar-refractivity contribution in [1.29, 1.82) is 0 Å². The molecule has 0 aliphatic heterocycles. The summed E-state index contributed by atoms with van der Waals surface area (Å²) in [7, 11) is 0. The number of carbonyl (C=O) groups excluding carboxylic acids is 1. The van der Waals surface area contributed by atoms with E-state index in [2.05, 4.69) is 43.5 Å². The second kappa shape index (κ2) is 8.41. The van der Waals surface area contributed by atoms with E-state index in [0.717, 1.165) is 17.7 Å². The summed E-state index contributed by atoms with van der Waals surface area (Å²) in [6, 6.07) is 7.83. The Labute approximate surface area is 122 Å². The third kappa shape index (κ3) is 5.91. The van der Waals surface area contributed by atoms with Gasteiger partial charge in [0.05, 0.1) is 0 Å². The van der Waals surface area contributed by atoms with Gasteiger partial charge in [0.2, 0.25) is 0 Å². The molecule has 1 aromatic carbocycles. The van der Waals surface area contributed by atoms with Gasteiger partial charge in [-0.05, 0) is 43.4 Å². The number of aryl methyl sites for hydroxylation is 1. The van der Waals surface area contributed by atoms with Gasteiger partial charge in [-0.3, -0.25) is 0 Å². The van der Waals surface area contributed by atoms with Crippen LogP contribution in [0.2, 0.25) is 0 Å². The van der Waals surface area contributed by atoms with E-state index < -0.39 is 0 Å². The number of nitrogens with one attached hydrogen (secondary N) is 2. The average Bonchev–Trinajstić information content (AvgIpc) is 2.44. The number of amides is 2. The molecular formula is C17H26N2O. The minimum atomic E-state index is -0.202. The predicted molar refractivity (Wildman–Crippen MR) is 85.8 cm³/mol.